The summed E-state index contributed by atoms with van der Waals surface area (Å²) in [7, 11) is -2.05. The van der Waals surface area contributed by atoms with E-state index in [0.29, 0.717) is 48.3 Å². The number of aromatic nitrogens is 4. The molecule has 0 spiro atoms. The Hall–Kier alpha value is -2.30. The zero-order valence-corrected chi connectivity index (χ0v) is 16.3. The van der Waals surface area contributed by atoms with E-state index in [4.69, 9.17) is 4.74 Å². The van der Waals surface area contributed by atoms with Gasteiger partial charge in [-0.05, 0) is 37.5 Å². The highest BCUT2D eigenvalue weighted by Gasteiger charge is 2.45. The summed E-state index contributed by atoms with van der Waals surface area (Å²) in [4.78, 5) is 7.06. The Morgan fingerprint density at radius 3 is 2.89 bits per heavy atom. The molecular weight excluding hydrogens is 385 g/mol. The number of hydrogen-bond donors (Lipinski definition) is 1. The molecule has 0 radical (unpaired) electrons. The minimum atomic E-state index is -3.79. The van der Waals surface area contributed by atoms with E-state index in [0.717, 1.165) is 0 Å². The van der Waals surface area contributed by atoms with Crippen molar-refractivity contribution in [2.75, 3.05) is 13.2 Å². The second-order valence-electron chi connectivity index (χ2n) is 7.38. The third-order valence-corrected chi connectivity index (χ3v) is 7.47. The predicted molar refractivity (Wildman–Crippen MR) is 99.6 cm³/mol. The van der Waals surface area contributed by atoms with Crippen molar-refractivity contribution >= 4 is 20.9 Å². The Bertz CT molecular complexity index is 1190. The molecule has 2 saturated heterocycles. The van der Waals surface area contributed by atoms with Crippen LogP contribution in [-0.2, 0) is 21.8 Å². The van der Waals surface area contributed by atoms with E-state index in [1.165, 1.54) is 16.4 Å². The Morgan fingerprint density at radius 1 is 1.32 bits per heavy atom. The van der Waals surface area contributed by atoms with Gasteiger partial charge < -0.3 is 9.72 Å². The fourth-order valence-electron chi connectivity index (χ4n) is 4.34. The molecule has 0 aliphatic carbocycles. The van der Waals surface area contributed by atoms with Gasteiger partial charge in [0.25, 0.3) is 10.0 Å². The van der Waals surface area contributed by atoms with Crippen molar-refractivity contribution in [2.24, 2.45) is 7.05 Å². The summed E-state index contributed by atoms with van der Waals surface area (Å²) < 4.78 is 49.8. The summed E-state index contributed by atoms with van der Waals surface area (Å²) in [5, 5.41) is 4.75. The highest BCUT2D eigenvalue weighted by molar-refractivity contribution is 7.89. The summed E-state index contributed by atoms with van der Waals surface area (Å²) in [6.07, 6.45) is 2.87. The molecule has 1 aromatic carbocycles. The van der Waals surface area contributed by atoms with Gasteiger partial charge in [0.1, 0.15) is 17.2 Å². The van der Waals surface area contributed by atoms with Gasteiger partial charge in [-0.2, -0.15) is 9.40 Å². The average Bonchev–Trinajstić information content (AvgIpc) is 3.37. The van der Waals surface area contributed by atoms with Crippen molar-refractivity contribution in [3.63, 3.8) is 0 Å². The molecule has 2 aliphatic heterocycles. The van der Waals surface area contributed by atoms with Crippen LogP contribution in [0.4, 0.5) is 4.39 Å². The van der Waals surface area contributed by atoms with Crippen LogP contribution in [0.5, 0.6) is 0 Å². The van der Waals surface area contributed by atoms with Crippen LogP contribution in [0.2, 0.25) is 0 Å². The van der Waals surface area contributed by atoms with Gasteiger partial charge in [-0.3, -0.25) is 4.68 Å². The van der Waals surface area contributed by atoms with Crippen molar-refractivity contribution in [2.45, 2.75) is 36.9 Å². The molecule has 2 fully saturated rings. The number of fused-ring (bicyclic) bond motifs is 2. The van der Waals surface area contributed by atoms with E-state index in [9.17, 15) is 12.8 Å². The first-order valence-electron chi connectivity index (χ1n) is 9.17. The Labute approximate surface area is 161 Å². The third-order valence-electron chi connectivity index (χ3n) is 5.63. The van der Waals surface area contributed by atoms with E-state index < -0.39 is 15.8 Å². The number of sulfonamides is 1. The number of nitrogens with one attached hydrogen (secondary N) is 1. The summed E-state index contributed by atoms with van der Waals surface area (Å²) in [5.74, 6) is -0.0736. The van der Waals surface area contributed by atoms with Crippen LogP contribution in [0.15, 0.2) is 23.5 Å². The van der Waals surface area contributed by atoms with Crippen molar-refractivity contribution in [1.82, 2.24) is 24.1 Å². The lowest BCUT2D eigenvalue weighted by Gasteiger charge is -2.21. The number of ether oxygens (including phenoxy) is 1. The van der Waals surface area contributed by atoms with Crippen molar-refractivity contribution < 1.29 is 17.5 Å². The summed E-state index contributed by atoms with van der Waals surface area (Å²) in [5.41, 5.74) is 1.41. The Morgan fingerprint density at radius 2 is 2.14 bits per heavy atom. The molecule has 2 atom stereocenters. The zero-order valence-electron chi connectivity index (χ0n) is 15.5. The van der Waals surface area contributed by atoms with Crippen molar-refractivity contribution in [3.8, 4) is 11.4 Å². The number of H-pyrrole nitrogens is 1. The van der Waals surface area contributed by atoms with E-state index in [1.54, 1.807) is 25.0 Å². The minimum absolute atomic E-state index is 0.0169. The molecular formula is C18H20FN5O3S. The van der Waals surface area contributed by atoms with Crippen molar-refractivity contribution in [1.29, 1.82) is 0 Å². The van der Waals surface area contributed by atoms with E-state index in [-0.39, 0.29) is 22.7 Å². The molecule has 148 valence electrons. The van der Waals surface area contributed by atoms with Gasteiger partial charge in [0, 0.05) is 31.1 Å². The molecule has 4 heterocycles. The SMILES string of the molecule is Cc1cc(F)c2[nH]c(S(=O)(=O)N3CC[C@H]4OCC[C@@H]43)cc2c1-c1ncn(C)n1. The van der Waals surface area contributed by atoms with E-state index in [1.807, 2.05) is 0 Å². The standard InChI is InChI=1S/C18H20FN5O3S/c1-10-7-12(19)17-11(16(10)18-20-9-23(2)22-18)8-15(21-17)28(25,26)24-5-3-14-13(24)4-6-27-14/h7-9,13-14,21H,3-6H2,1-2H3/t13-,14+/m0/s1. The van der Waals surface area contributed by atoms with Gasteiger partial charge in [0.15, 0.2) is 5.82 Å². The van der Waals surface area contributed by atoms with Crippen LogP contribution in [0.25, 0.3) is 22.3 Å². The van der Waals surface area contributed by atoms with Crippen LogP contribution in [0.3, 0.4) is 0 Å². The van der Waals surface area contributed by atoms with Crippen LogP contribution in [0, 0.1) is 12.7 Å². The molecule has 28 heavy (non-hydrogen) atoms. The molecule has 0 amide bonds. The van der Waals surface area contributed by atoms with Gasteiger partial charge >= 0.3 is 0 Å². The lowest BCUT2D eigenvalue weighted by Crippen LogP contribution is -2.37. The minimum Gasteiger partial charge on any atom is -0.376 e. The van der Waals surface area contributed by atoms with Gasteiger partial charge in [-0.15, -0.1) is 0 Å². The maximum atomic E-state index is 14.6. The van der Waals surface area contributed by atoms with Crippen LogP contribution < -0.4 is 0 Å². The molecule has 2 aromatic heterocycles. The monoisotopic (exact) mass is 405 g/mol. The fourth-order valence-corrected chi connectivity index (χ4v) is 6.03. The molecule has 10 heteroatoms. The molecule has 0 saturated carbocycles. The topological polar surface area (TPSA) is 93.1 Å². The highest BCUT2D eigenvalue weighted by Crippen LogP contribution is 2.37. The van der Waals surface area contributed by atoms with Gasteiger partial charge in [0.05, 0.1) is 17.7 Å². The molecule has 0 unspecified atom stereocenters. The Kier molecular flexibility index (Phi) is 3.87. The second kappa shape index (κ2) is 6.10. The lowest BCUT2D eigenvalue weighted by atomic mass is 10.0. The number of halogens is 1. The Balaban J connectivity index is 1.67. The summed E-state index contributed by atoms with van der Waals surface area (Å²) in [6, 6.07) is 2.72. The molecule has 5 rings (SSSR count). The lowest BCUT2D eigenvalue weighted by molar-refractivity contribution is 0.110. The molecule has 1 N–H and O–H groups in total. The maximum Gasteiger partial charge on any atom is 0.258 e. The van der Waals surface area contributed by atoms with Crippen LogP contribution >= 0.6 is 0 Å². The smallest absolute Gasteiger partial charge is 0.258 e. The molecule has 3 aromatic rings. The van der Waals surface area contributed by atoms with Crippen LogP contribution in [0.1, 0.15) is 18.4 Å². The largest absolute Gasteiger partial charge is 0.376 e. The number of nitrogens with zero attached hydrogens (tertiary/aromatic N) is 4. The van der Waals surface area contributed by atoms with Gasteiger partial charge in [-0.25, -0.2) is 17.8 Å². The van der Waals surface area contributed by atoms with E-state index in [2.05, 4.69) is 15.1 Å². The third kappa shape index (κ3) is 2.51. The van der Waals surface area contributed by atoms with E-state index >= 15 is 0 Å². The number of aromatic amines is 1. The first-order chi connectivity index (χ1) is 13.4. The number of benzene rings is 1. The molecule has 2 aliphatic rings. The van der Waals surface area contributed by atoms with Crippen molar-refractivity contribution in [3.05, 3.63) is 29.8 Å². The first-order valence-corrected chi connectivity index (χ1v) is 10.6. The first kappa shape index (κ1) is 17.8. The normalized spacial score (nSPS) is 23.0. The number of hydrogen-bond acceptors (Lipinski definition) is 5. The maximum absolute atomic E-state index is 14.6. The quantitative estimate of drug-likeness (QED) is 0.719. The van der Waals surface area contributed by atoms with Gasteiger partial charge in [-0.1, -0.05) is 0 Å². The predicted octanol–water partition coefficient (Wildman–Crippen LogP) is 1.96. The molecule has 0 bridgehead atoms. The number of rotatable bonds is 3. The number of aryl methyl sites for hydroxylation is 2. The van der Waals surface area contributed by atoms with Gasteiger partial charge in [0.2, 0.25) is 0 Å². The fraction of sp³-hybridized carbons (Fsp3) is 0.444. The second-order valence-corrected chi connectivity index (χ2v) is 9.24. The summed E-state index contributed by atoms with van der Waals surface area (Å²) >= 11 is 0. The zero-order chi connectivity index (χ0) is 19.6. The summed E-state index contributed by atoms with van der Waals surface area (Å²) in [6.45, 7) is 2.73. The molecule has 8 nitrogen and oxygen atoms in total. The average molecular weight is 405 g/mol. The van der Waals surface area contributed by atoms with Crippen LogP contribution in [-0.4, -0.2) is 57.8 Å². The highest BCUT2D eigenvalue weighted by atomic mass is 32.2.